The number of carbonyl (C=O) groups is 1. The summed E-state index contributed by atoms with van der Waals surface area (Å²) in [6, 6.07) is 1.68. The molecule has 0 saturated carbocycles. The van der Waals surface area contributed by atoms with Gasteiger partial charge in [0.05, 0.1) is 17.7 Å². The maximum atomic E-state index is 12.3. The lowest BCUT2D eigenvalue weighted by Gasteiger charge is -2.12. The largest absolute Gasteiger partial charge is 0.395 e. The van der Waals surface area contributed by atoms with Gasteiger partial charge in [0.1, 0.15) is 0 Å². The van der Waals surface area contributed by atoms with Gasteiger partial charge in [-0.1, -0.05) is 11.8 Å². The monoisotopic (exact) mass is 287 g/mol. The highest BCUT2D eigenvalue weighted by atomic mass is 16.2. The number of rotatable bonds is 4. The summed E-state index contributed by atoms with van der Waals surface area (Å²) in [6.45, 7) is 2.83. The lowest BCUT2D eigenvalue weighted by Crippen LogP contribution is -2.31. The first kappa shape index (κ1) is 15.5. The molecular formula is C16H21N3O2. The van der Waals surface area contributed by atoms with Crippen LogP contribution in [0.4, 0.5) is 0 Å². The normalized spacial score (nSPS) is 18.1. The second-order valence-corrected chi connectivity index (χ2v) is 5.32. The van der Waals surface area contributed by atoms with E-state index in [1.807, 2.05) is 0 Å². The van der Waals surface area contributed by atoms with Gasteiger partial charge in [-0.15, -0.1) is 0 Å². The highest BCUT2D eigenvalue weighted by molar-refractivity contribution is 5.96. The fourth-order valence-corrected chi connectivity index (χ4v) is 2.43. The Morgan fingerprint density at radius 3 is 3.19 bits per heavy atom. The van der Waals surface area contributed by atoms with Crippen molar-refractivity contribution in [3.8, 4) is 11.8 Å². The number of nitrogens with one attached hydrogen (secondary N) is 1. The summed E-state index contributed by atoms with van der Waals surface area (Å²) in [6.07, 6.45) is 4.69. The number of carbonyl (C=O) groups excluding carboxylic acids is 1. The van der Waals surface area contributed by atoms with Gasteiger partial charge in [-0.3, -0.25) is 9.78 Å². The fraction of sp³-hybridized carbons (Fsp3) is 0.500. The van der Waals surface area contributed by atoms with Crippen LogP contribution in [0.1, 0.15) is 28.8 Å². The zero-order valence-corrected chi connectivity index (χ0v) is 12.3. The van der Waals surface area contributed by atoms with Crippen LogP contribution in [0.15, 0.2) is 18.5 Å². The Morgan fingerprint density at radius 1 is 1.62 bits per heavy atom. The van der Waals surface area contributed by atoms with Crippen LogP contribution in [0, 0.1) is 17.8 Å². The molecule has 1 saturated heterocycles. The third-order valence-electron chi connectivity index (χ3n) is 3.57. The SMILES string of the molecule is CN1CCC(CNC(=O)c2ccncc2C#CCCO)C1. The lowest BCUT2D eigenvalue weighted by molar-refractivity contribution is 0.0947. The van der Waals surface area contributed by atoms with E-state index in [2.05, 4.69) is 34.1 Å². The predicted octanol–water partition coefficient (Wildman–Crippen LogP) is 0.497. The Kier molecular flexibility index (Phi) is 5.73. The van der Waals surface area contributed by atoms with Crippen molar-refractivity contribution in [2.24, 2.45) is 5.92 Å². The summed E-state index contributed by atoms with van der Waals surface area (Å²) >= 11 is 0. The van der Waals surface area contributed by atoms with E-state index < -0.39 is 0 Å². The molecule has 1 atom stereocenters. The highest BCUT2D eigenvalue weighted by Gasteiger charge is 2.20. The number of aliphatic hydroxyl groups excluding tert-OH is 1. The summed E-state index contributed by atoms with van der Waals surface area (Å²) in [4.78, 5) is 18.5. The molecule has 1 aromatic rings. The molecule has 1 fully saturated rings. The Bertz CT molecular complexity index is 548. The van der Waals surface area contributed by atoms with Crippen molar-refractivity contribution in [1.29, 1.82) is 0 Å². The maximum absolute atomic E-state index is 12.3. The first-order valence-corrected chi connectivity index (χ1v) is 7.21. The van der Waals surface area contributed by atoms with Crippen LogP contribution < -0.4 is 5.32 Å². The Morgan fingerprint density at radius 2 is 2.48 bits per heavy atom. The Hall–Kier alpha value is -1.90. The summed E-state index contributed by atoms with van der Waals surface area (Å²) in [7, 11) is 2.10. The number of hydrogen-bond acceptors (Lipinski definition) is 4. The van der Waals surface area contributed by atoms with Gasteiger partial charge in [-0.2, -0.15) is 0 Å². The molecule has 1 unspecified atom stereocenters. The zero-order chi connectivity index (χ0) is 15.1. The van der Waals surface area contributed by atoms with Crippen molar-refractivity contribution in [3.63, 3.8) is 0 Å². The molecule has 0 aliphatic carbocycles. The summed E-state index contributed by atoms with van der Waals surface area (Å²) in [5, 5.41) is 11.7. The first-order valence-electron chi connectivity index (χ1n) is 7.21. The van der Waals surface area contributed by atoms with E-state index >= 15 is 0 Å². The van der Waals surface area contributed by atoms with Gasteiger partial charge in [0.25, 0.3) is 5.91 Å². The van der Waals surface area contributed by atoms with E-state index in [0.717, 1.165) is 19.5 Å². The predicted molar refractivity (Wildman–Crippen MR) is 80.8 cm³/mol. The number of amides is 1. The van der Waals surface area contributed by atoms with Gasteiger partial charge in [-0.05, 0) is 32.0 Å². The molecule has 0 aromatic carbocycles. The number of hydrogen-bond donors (Lipinski definition) is 2. The van der Waals surface area contributed by atoms with Gasteiger partial charge >= 0.3 is 0 Å². The van der Waals surface area contributed by atoms with Crippen LogP contribution in [0.5, 0.6) is 0 Å². The maximum Gasteiger partial charge on any atom is 0.252 e. The minimum atomic E-state index is -0.111. The molecule has 112 valence electrons. The van der Waals surface area contributed by atoms with Crippen molar-refractivity contribution in [3.05, 3.63) is 29.6 Å². The number of likely N-dealkylation sites (tertiary alicyclic amines) is 1. The van der Waals surface area contributed by atoms with Gasteiger partial charge < -0.3 is 15.3 Å². The molecule has 2 N–H and O–H groups in total. The van der Waals surface area contributed by atoms with E-state index in [1.54, 1.807) is 18.5 Å². The first-order chi connectivity index (χ1) is 10.2. The number of nitrogens with zero attached hydrogens (tertiary/aromatic N) is 2. The zero-order valence-electron chi connectivity index (χ0n) is 12.3. The van der Waals surface area contributed by atoms with E-state index in [4.69, 9.17) is 5.11 Å². The average molecular weight is 287 g/mol. The van der Waals surface area contributed by atoms with Gasteiger partial charge in [-0.25, -0.2) is 0 Å². The molecule has 21 heavy (non-hydrogen) atoms. The fourth-order valence-electron chi connectivity index (χ4n) is 2.43. The molecule has 5 heteroatoms. The molecule has 0 spiro atoms. The lowest BCUT2D eigenvalue weighted by atomic mass is 10.1. The molecular weight excluding hydrogens is 266 g/mol. The van der Waals surface area contributed by atoms with E-state index in [-0.39, 0.29) is 12.5 Å². The minimum absolute atomic E-state index is 0.0178. The molecule has 0 bridgehead atoms. The van der Waals surface area contributed by atoms with Crippen molar-refractivity contribution in [2.75, 3.05) is 33.3 Å². The number of aliphatic hydroxyl groups is 1. The van der Waals surface area contributed by atoms with Crippen molar-refractivity contribution in [1.82, 2.24) is 15.2 Å². The standard InChI is InChI=1S/C16H21N3O2/c1-19-8-6-13(12-19)10-18-16(21)15-5-7-17-11-14(15)4-2-3-9-20/h5,7,11,13,20H,3,6,8-10,12H2,1H3,(H,18,21). The summed E-state index contributed by atoms with van der Waals surface area (Å²) in [5.41, 5.74) is 1.15. The smallest absolute Gasteiger partial charge is 0.252 e. The third-order valence-corrected chi connectivity index (χ3v) is 3.57. The Labute approximate surface area is 125 Å². The van der Waals surface area contributed by atoms with Crippen LogP contribution in [0.2, 0.25) is 0 Å². The second-order valence-electron chi connectivity index (χ2n) is 5.32. The molecule has 1 aromatic heterocycles. The van der Waals surface area contributed by atoms with E-state index in [1.165, 1.54) is 0 Å². The van der Waals surface area contributed by atoms with Crippen LogP contribution in [0.25, 0.3) is 0 Å². The molecule has 1 aliphatic rings. The van der Waals surface area contributed by atoms with Crippen LogP contribution in [-0.2, 0) is 0 Å². The highest BCUT2D eigenvalue weighted by Crippen LogP contribution is 2.13. The third kappa shape index (κ3) is 4.55. The topological polar surface area (TPSA) is 65.5 Å². The van der Waals surface area contributed by atoms with Gasteiger partial charge in [0, 0.05) is 31.9 Å². The number of pyridine rings is 1. The molecule has 2 rings (SSSR count). The van der Waals surface area contributed by atoms with Crippen LogP contribution >= 0.6 is 0 Å². The molecule has 2 heterocycles. The van der Waals surface area contributed by atoms with Gasteiger partial charge in [0.2, 0.25) is 0 Å². The quantitative estimate of drug-likeness (QED) is 0.791. The molecule has 0 radical (unpaired) electrons. The second kappa shape index (κ2) is 7.77. The van der Waals surface area contributed by atoms with Crippen molar-refractivity contribution >= 4 is 5.91 Å². The van der Waals surface area contributed by atoms with Crippen LogP contribution in [0.3, 0.4) is 0 Å². The summed E-state index contributed by atoms with van der Waals surface area (Å²) < 4.78 is 0. The van der Waals surface area contributed by atoms with E-state index in [9.17, 15) is 4.79 Å². The minimum Gasteiger partial charge on any atom is -0.395 e. The van der Waals surface area contributed by atoms with Crippen molar-refractivity contribution < 1.29 is 9.90 Å². The van der Waals surface area contributed by atoms with E-state index in [0.29, 0.717) is 30.0 Å². The Balaban J connectivity index is 1.97. The average Bonchev–Trinajstić information content (AvgIpc) is 2.91. The molecule has 5 nitrogen and oxygen atoms in total. The molecule has 1 aliphatic heterocycles. The number of aromatic nitrogens is 1. The summed E-state index contributed by atoms with van der Waals surface area (Å²) in [5.74, 6) is 6.12. The van der Waals surface area contributed by atoms with Crippen LogP contribution in [-0.4, -0.2) is 54.2 Å². The van der Waals surface area contributed by atoms with Crippen molar-refractivity contribution in [2.45, 2.75) is 12.8 Å². The molecule has 1 amide bonds. The van der Waals surface area contributed by atoms with Gasteiger partial charge in [0.15, 0.2) is 0 Å².